The van der Waals surface area contributed by atoms with Gasteiger partial charge < -0.3 is 4.74 Å². The molecule has 0 saturated heterocycles. The molecule has 0 fully saturated rings. The second kappa shape index (κ2) is 6.35. The van der Waals surface area contributed by atoms with Crippen molar-refractivity contribution in [3.05, 3.63) is 65.2 Å². The van der Waals surface area contributed by atoms with Gasteiger partial charge in [0.1, 0.15) is 5.75 Å². The lowest BCUT2D eigenvalue weighted by Gasteiger charge is -2.08. The summed E-state index contributed by atoms with van der Waals surface area (Å²) in [6.07, 6.45) is 0. The van der Waals surface area contributed by atoms with Gasteiger partial charge in [-0.3, -0.25) is 4.79 Å². The highest BCUT2D eigenvalue weighted by Crippen LogP contribution is 2.20. The molecule has 20 heavy (non-hydrogen) atoms. The van der Waals surface area contributed by atoms with E-state index in [1.54, 1.807) is 36.4 Å². The van der Waals surface area contributed by atoms with E-state index >= 15 is 0 Å². The Morgan fingerprint density at radius 3 is 2.35 bits per heavy atom. The van der Waals surface area contributed by atoms with Crippen molar-refractivity contribution in [1.82, 2.24) is 0 Å². The zero-order valence-corrected chi connectivity index (χ0v) is 11.7. The molecule has 0 saturated carbocycles. The summed E-state index contributed by atoms with van der Waals surface area (Å²) in [5, 5.41) is 0. The number of rotatable bonds is 4. The highest BCUT2D eigenvalue weighted by Gasteiger charge is 2.15. The van der Waals surface area contributed by atoms with E-state index < -0.39 is 5.97 Å². The van der Waals surface area contributed by atoms with Crippen molar-refractivity contribution in [2.45, 2.75) is 6.92 Å². The number of esters is 1. The molecule has 0 bridgehead atoms. The first kappa shape index (κ1) is 14.3. The second-order valence-corrected chi connectivity index (χ2v) is 4.58. The first-order valence-corrected chi connectivity index (χ1v) is 6.62. The number of carbonyl (C=O) groups is 2. The third kappa shape index (κ3) is 3.25. The second-order valence-electron chi connectivity index (χ2n) is 4.31. The molecule has 0 spiro atoms. The molecule has 0 aliphatic heterocycles. The number of benzene rings is 2. The van der Waals surface area contributed by atoms with Gasteiger partial charge in [0.25, 0.3) is 0 Å². The van der Waals surface area contributed by atoms with E-state index in [4.69, 9.17) is 16.3 Å². The molecular formula is C16H13ClO3. The quantitative estimate of drug-likeness (QED) is 0.373. The van der Waals surface area contributed by atoms with E-state index in [2.05, 4.69) is 0 Å². The number of ether oxygens (including phenoxy) is 1. The first-order chi connectivity index (χ1) is 9.61. The SMILES string of the molecule is Cc1ccc(C(=O)Oc2ccccc2C(=O)CCl)cc1. The number of para-hydroxylation sites is 1. The highest BCUT2D eigenvalue weighted by molar-refractivity contribution is 6.30. The van der Waals surface area contributed by atoms with Crippen LogP contribution in [0.2, 0.25) is 0 Å². The standard InChI is InChI=1S/C16H13ClO3/c1-11-6-8-12(9-7-11)16(19)20-15-5-3-2-4-13(15)14(18)10-17/h2-9H,10H2,1H3. The van der Waals surface area contributed by atoms with E-state index in [-0.39, 0.29) is 17.4 Å². The highest BCUT2D eigenvalue weighted by atomic mass is 35.5. The normalized spacial score (nSPS) is 10.1. The average Bonchev–Trinajstić information content (AvgIpc) is 2.47. The number of alkyl halides is 1. The van der Waals surface area contributed by atoms with Crippen LogP contribution < -0.4 is 4.74 Å². The molecule has 4 heteroatoms. The van der Waals surface area contributed by atoms with Gasteiger partial charge in [0.15, 0.2) is 5.78 Å². The number of hydrogen-bond acceptors (Lipinski definition) is 3. The lowest BCUT2D eigenvalue weighted by molar-refractivity contribution is 0.0733. The van der Waals surface area contributed by atoms with E-state index in [1.807, 2.05) is 19.1 Å². The summed E-state index contributed by atoms with van der Waals surface area (Å²) in [6, 6.07) is 13.6. The minimum Gasteiger partial charge on any atom is -0.422 e. The minimum atomic E-state index is -0.500. The third-order valence-electron chi connectivity index (χ3n) is 2.80. The van der Waals surface area contributed by atoms with Crippen LogP contribution in [0.25, 0.3) is 0 Å². The molecule has 0 radical (unpaired) electrons. The van der Waals surface area contributed by atoms with Crippen LogP contribution in [0.4, 0.5) is 0 Å². The van der Waals surface area contributed by atoms with Crippen LogP contribution in [0.3, 0.4) is 0 Å². The molecule has 3 nitrogen and oxygen atoms in total. The van der Waals surface area contributed by atoms with Gasteiger partial charge >= 0.3 is 5.97 Å². The molecule has 0 aromatic heterocycles. The monoisotopic (exact) mass is 288 g/mol. The van der Waals surface area contributed by atoms with Gasteiger partial charge in [-0.05, 0) is 31.2 Å². The molecule has 2 rings (SSSR count). The maximum atomic E-state index is 12.0. The maximum absolute atomic E-state index is 12.0. The molecule has 0 amide bonds. The Labute approximate surface area is 122 Å². The summed E-state index contributed by atoms with van der Waals surface area (Å²) in [5.74, 6) is -0.707. The molecule has 2 aromatic rings. The summed E-state index contributed by atoms with van der Waals surface area (Å²) >= 11 is 5.54. The average molecular weight is 289 g/mol. The number of carbonyl (C=O) groups excluding carboxylic acids is 2. The van der Waals surface area contributed by atoms with E-state index in [9.17, 15) is 9.59 Å². The van der Waals surface area contributed by atoms with Crippen LogP contribution in [0.1, 0.15) is 26.3 Å². The number of hydrogen-bond donors (Lipinski definition) is 0. The number of Topliss-reactive ketones (excluding diaryl/α,β-unsaturated/α-hetero) is 1. The topological polar surface area (TPSA) is 43.4 Å². The van der Waals surface area contributed by atoms with Gasteiger partial charge in [0.2, 0.25) is 0 Å². The van der Waals surface area contributed by atoms with Crippen LogP contribution in [0, 0.1) is 6.92 Å². The first-order valence-electron chi connectivity index (χ1n) is 6.09. The van der Waals surface area contributed by atoms with Gasteiger partial charge in [-0.15, -0.1) is 11.6 Å². The van der Waals surface area contributed by atoms with Crippen molar-refractivity contribution in [2.24, 2.45) is 0 Å². The van der Waals surface area contributed by atoms with Gasteiger partial charge in [-0.2, -0.15) is 0 Å². The Bertz CT molecular complexity index is 632. The van der Waals surface area contributed by atoms with Gasteiger partial charge in [-0.1, -0.05) is 29.8 Å². The van der Waals surface area contributed by atoms with Crippen LogP contribution in [-0.4, -0.2) is 17.6 Å². The fourth-order valence-electron chi connectivity index (χ4n) is 1.71. The molecule has 0 aliphatic carbocycles. The van der Waals surface area contributed by atoms with Crippen LogP contribution in [0.5, 0.6) is 5.75 Å². The fourth-order valence-corrected chi connectivity index (χ4v) is 1.85. The van der Waals surface area contributed by atoms with Gasteiger partial charge in [0, 0.05) is 0 Å². The molecule has 0 atom stereocenters. The molecular weight excluding hydrogens is 276 g/mol. The molecule has 102 valence electrons. The predicted octanol–water partition coefficient (Wildman–Crippen LogP) is 3.64. The zero-order chi connectivity index (χ0) is 14.5. The fraction of sp³-hybridized carbons (Fsp3) is 0.125. The lowest BCUT2D eigenvalue weighted by atomic mass is 10.1. The van der Waals surface area contributed by atoms with Crippen molar-refractivity contribution in [2.75, 3.05) is 5.88 Å². The molecule has 0 unspecified atom stereocenters. The van der Waals surface area contributed by atoms with E-state index in [0.717, 1.165) is 5.56 Å². The predicted molar refractivity (Wildman–Crippen MR) is 77.6 cm³/mol. The van der Waals surface area contributed by atoms with Crippen molar-refractivity contribution in [3.8, 4) is 5.75 Å². The van der Waals surface area contributed by atoms with Crippen LogP contribution >= 0.6 is 11.6 Å². The minimum absolute atomic E-state index is 0.154. The summed E-state index contributed by atoms with van der Waals surface area (Å²) in [7, 11) is 0. The molecule has 2 aromatic carbocycles. The number of halogens is 1. The van der Waals surface area contributed by atoms with Crippen molar-refractivity contribution in [1.29, 1.82) is 0 Å². The smallest absolute Gasteiger partial charge is 0.343 e. The summed E-state index contributed by atoms with van der Waals surface area (Å²) in [5.41, 5.74) is 1.80. The summed E-state index contributed by atoms with van der Waals surface area (Å²) < 4.78 is 5.28. The van der Waals surface area contributed by atoms with Gasteiger partial charge in [0.05, 0.1) is 17.0 Å². The van der Waals surface area contributed by atoms with Crippen molar-refractivity contribution < 1.29 is 14.3 Å². The van der Waals surface area contributed by atoms with Crippen molar-refractivity contribution >= 4 is 23.4 Å². The number of ketones is 1. The zero-order valence-electron chi connectivity index (χ0n) is 10.9. The van der Waals surface area contributed by atoms with E-state index in [1.165, 1.54) is 0 Å². The largest absolute Gasteiger partial charge is 0.422 e. The Hall–Kier alpha value is -2.13. The Balaban J connectivity index is 2.24. The maximum Gasteiger partial charge on any atom is 0.343 e. The van der Waals surface area contributed by atoms with E-state index in [0.29, 0.717) is 11.1 Å². The Morgan fingerprint density at radius 2 is 1.70 bits per heavy atom. The molecule has 0 heterocycles. The van der Waals surface area contributed by atoms with Crippen molar-refractivity contribution in [3.63, 3.8) is 0 Å². The molecule has 0 aliphatic rings. The third-order valence-corrected chi connectivity index (χ3v) is 3.04. The summed E-state index contributed by atoms with van der Waals surface area (Å²) in [4.78, 5) is 23.7. The van der Waals surface area contributed by atoms with Crippen LogP contribution in [0.15, 0.2) is 48.5 Å². The van der Waals surface area contributed by atoms with Gasteiger partial charge in [-0.25, -0.2) is 4.79 Å². The van der Waals surface area contributed by atoms with Crippen LogP contribution in [-0.2, 0) is 0 Å². The lowest BCUT2D eigenvalue weighted by Crippen LogP contribution is -2.12. The Kier molecular flexibility index (Phi) is 4.53. The molecule has 0 N–H and O–H groups in total. The number of aryl methyl sites for hydroxylation is 1. The summed E-state index contributed by atoms with van der Waals surface area (Å²) in [6.45, 7) is 1.93. The Morgan fingerprint density at radius 1 is 1.05 bits per heavy atom.